The Kier molecular flexibility index (Phi) is 4.52. The van der Waals surface area contributed by atoms with Gasteiger partial charge in [0, 0.05) is 12.6 Å². The van der Waals surface area contributed by atoms with E-state index < -0.39 is 0 Å². The molecule has 0 aliphatic rings. The quantitative estimate of drug-likeness (QED) is 0.854. The van der Waals surface area contributed by atoms with Crippen LogP contribution in [0.1, 0.15) is 32.8 Å². The first-order chi connectivity index (χ1) is 7.94. The van der Waals surface area contributed by atoms with E-state index in [1.807, 2.05) is 18.0 Å². The first-order valence-electron chi connectivity index (χ1n) is 6.15. The van der Waals surface area contributed by atoms with Gasteiger partial charge in [-0.15, -0.1) is 0 Å². The minimum Gasteiger partial charge on any atom is -0.367 e. The summed E-state index contributed by atoms with van der Waals surface area (Å²) in [6.07, 6.45) is 1.66. The smallest absolute Gasteiger partial charge is 0.146 e. The molecule has 0 amide bonds. The molecule has 0 saturated heterocycles. The Labute approximate surface area is 104 Å². The molecular formula is C14H23FN2. The van der Waals surface area contributed by atoms with Gasteiger partial charge in [-0.05, 0) is 44.9 Å². The lowest BCUT2D eigenvalue weighted by molar-refractivity contribution is 0.461. The first-order valence-corrected chi connectivity index (χ1v) is 6.15. The van der Waals surface area contributed by atoms with Crippen molar-refractivity contribution < 1.29 is 4.39 Å². The van der Waals surface area contributed by atoms with Crippen molar-refractivity contribution in [2.45, 2.75) is 39.2 Å². The van der Waals surface area contributed by atoms with E-state index in [4.69, 9.17) is 5.73 Å². The number of hydrogen-bond acceptors (Lipinski definition) is 2. The minimum atomic E-state index is -0.167. The maximum Gasteiger partial charge on any atom is 0.146 e. The molecule has 1 aromatic carbocycles. The van der Waals surface area contributed by atoms with Gasteiger partial charge >= 0.3 is 0 Å². The average molecular weight is 238 g/mol. The number of para-hydroxylation sites is 1. The standard InChI is InChI=1S/C14H23FN2/c1-5-14(2,3)17(4)13-11(9-10-16)7-6-8-12(13)15/h6-8H,5,9-10,16H2,1-4H3. The lowest BCUT2D eigenvalue weighted by atomic mass is 9.97. The summed E-state index contributed by atoms with van der Waals surface area (Å²) >= 11 is 0. The Balaban J connectivity index is 3.19. The largest absolute Gasteiger partial charge is 0.367 e. The second-order valence-corrected chi connectivity index (χ2v) is 5.01. The zero-order valence-electron chi connectivity index (χ0n) is 11.3. The number of nitrogens with zero attached hydrogens (tertiary/aromatic N) is 1. The normalized spacial score (nSPS) is 11.6. The summed E-state index contributed by atoms with van der Waals surface area (Å²) in [4.78, 5) is 2.02. The van der Waals surface area contributed by atoms with Crippen LogP contribution in [0.4, 0.5) is 10.1 Å². The van der Waals surface area contributed by atoms with Gasteiger partial charge in [0.2, 0.25) is 0 Å². The van der Waals surface area contributed by atoms with Crippen LogP contribution in [-0.2, 0) is 6.42 Å². The Morgan fingerprint density at radius 3 is 2.53 bits per heavy atom. The average Bonchev–Trinajstić information content (AvgIpc) is 2.29. The number of rotatable bonds is 5. The van der Waals surface area contributed by atoms with Crippen molar-refractivity contribution in [2.75, 3.05) is 18.5 Å². The molecule has 17 heavy (non-hydrogen) atoms. The highest BCUT2D eigenvalue weighted by Gasteiger charge is 2.25. The molecule has 0 radical (unpaired) electrons. The second-order valence-electron chi connectivity index (χ2n) is 5.01. The van der Waals surface area contributed by atoms with Gasteiger partial charge in [-0.1, -0.05) is 19.1 Å². The molecule has 0 saturated carbocycles. The van der Waals surface area contributed by atoms with E-state index in [9.17, 15) is 4.39 Å². The van der Waals surface area contributed by atoms with Gasteiger partial charge in [-0.3, -0.25) is 0 Å². The fraction of sp³-hybridized carbons (Fsp3) is 0.571. The predicted molar refractivity (Wildman–Crippen MR) is 71.9 cm³/mol. The number of anilines is 1. The van der Waals surface area contributed by atoms with E-state index in [1.54, 1.807) is 6.07 Å². The molecular weight excluding hydrogens is 215 g/mol. The lowest BCUT2D eigenvalue weighted by Gasteiger charge is -2.38. The Hall–Kier alpha value is -1.09. The van der Waals surface area contributed by atoms with E-state index in [0.717, 1.165) is 12.0 Å². The van der Waals surface area contributed by atoms with Crippen molar-refractivity contribution in [2.24, 2.45) is 5.73 Å². The Morgan fingerprint density at radius 2 is 2.00 bits per heavy atom. The monoisotopic (exact) mass is 238 g/mol. The third-order valence-electron chi connectivity index (χ3n) is 3.59. The van der Waals surface area contributed by atoms with Gasteiger partial charge in [0.1, 0.15) is 5.82 Å². The lowest BCUT2D eigenvalue weighted by Crippen LogP contribution is -2.41. The third-order valence-corrected chi connectivity index (χ3v) is 3.59. The molecule has 0 fully saturated rings. The highest BCUT2D eigenvalue weighted by Crippen LogP contribution is 2.30. The summed E-state index contributed by atoms with van der Waals surface area (Å²) in [6.45, 7) is 6.88. The maximum atomic E-state index is 14.0. The van der Waals surface area contributed by atoms with Gasteiger partial charge in [-0.2, -0.15) is 0 Å². The molecule has 0 aliphatic heterocycles. The summed E-state index contributed by atoms with van der Waals surface area (Å²) in [6, 6.07) is 5.21. The van der Waals surface area contributed by atoms with E-state index in [0.29, 0.717) is 18.7 Å². The number of benzene rings is 1. The Bertz CT molecular complexity index is 374. The molecule has 0 bridgehead atoms. The summed E-state index contributed by atoms with van der Waals surface area (Å²) in [7, 11) is 1.95. The van der Waals surface area contributed by atoms with E-state index in [-0.39, 0.29) is 11.4 Å². The topological polar surface area (TPSA) is 29.3 Å². The maximum absolute atomic E-state index is 14.0. The first kappa shape index (κ1) is 14.0. The van der Waals surface area contributed by atoms with Crippen LogP contribution in [0.5, 0.6) is 0 Å². The van der Waals surface area contributed by atoms with Crippen LogP contribution in [0.15, 0.2) is 18.2 Å². The van der Waals surface area contributed by atoms with Gasteiger partial charge in [0.15, 0.2) is 0 Å². The summed E-state index contributed by atoms with van der Waals surface area (Å²) < 4.78 is 14.0. The molecule has 2 N–H and O–H groups in total. The molecule has 3 heteroatoms. The summed E-state index contributed by atoms with van der Waals surface area (Å²) in [5, 5.41) is 0. The van der Waals surface area contributed by atoms with Crippen LogP contribution < -0.4 is 10.6 Å². The highest BCUT2D eigenvalue weighted by molar-refractivity contribution is 5.56. The molecule has 1 rings (SSSR count). The van der Waals surface area contributed by atoms with Gasteiger partial charge in [0.05, 0.1) is 5.69 Å². The van der Waals surface area contributed by atoms with Crippen molar-refractivity contribution in [3.8, 4) is 0 Å². The minimum absolute atomic E-state index is 0.0639. The van der Waals surface area contributed by atoms with Crippen molar-refractivity contribution in [3.63, 3.8) is 0 Å². The fourth-order valence-electron chi connectivity index (χ4n) is 1.83. The molecule has 0 heterocycles. The Morgan fingerprint density at radius 1 is 1.35 bits per heavy atom. The van der Waals surface area contributed by atoms with Crippen molar-refractivity contribution >= 4 is 5.69 Å². The van der Waals surface area contributed by atoms with E-state index in [2.05, 4.69) is 20.8 Å². The summed E-state index contributed by atoms with van der Waals surface area (Å²) in [5.74, 6) is -0.167. The van der Waals surface area contributed by atoms with Gasteiger partial charge < -0.3 is 10.6 Å². The van der Waals surface area contributed by atoms with E-state index >= 15 is 0 Å². The fourth-order valence-corrected chi connectivity index (χ4v) is 1.83. The van der Waals surface area contributed by atoms with Crippen LogP contribution >= 0.6 is 0 Å². The van der Waals surface area contributed by atoms with Crippen molar-refractivity contribution in [1.82, 2.24) is 0 Å². The summed E-state index contributed by atoms with van der Waals surface area (Å²) in [5.41, 5.74) is 7.18. The third kappa shape index (κ3) is 2.97. The van der Waals surface area contributed by atoms with E-state index in [1.165, 1.54) is 6.07 Å². The molecule has 0 aromatic heterocycles. The van der Waals surface area contributed by atoms with Crippen LogP contribution in [0.25, 0.3) is 0 Å². The van der Waals surface area contributed by atoms with Crippen LogP contribution in [0.2, 0.25) is 0 Å². The second kappa shape index (κ2) is 5.50. The molecule has 96 valence electrons. The number of nitrogens with two attached hydrogens (primary N) is 1. The van der Waals surface area contributed by atoms with Crippen molar-refractivity contribution in [3.05, 3.63) is 29.6 Å². The van der Waals surface area contributed by atoms with Crippen LogP contribution in [0, 0.1) is 5.82 Å². The highest BCUT2D eigenvalue weighted by atomic mass is 19.1. The molecule has 0 unspecified atom stereocenters. The van der Waals surface area contributed by atoms with Crippen LogP contribution in [0.3, 0.4) is 0 Å². The van der Waals surface area contributed by atoms with Gasteiger partial charge in [-0.25, -0.2) is 4.39 Å². The molecule has 0 spiro atoms. The van der Waals surface area contributed by atoms with Gasteiger partial charge in [0.25, 0.3) is 0 Å². The van der Waals surface area contributed by atoms with Crippen molar-refractivity contribution in [1.29, 1.82) is 0 Å². The molecule has 1 aromatic rings. The molecule has 2 nitrogen and oxygen atoms in total. The predicted octanol–water partition coefficient (Wildman–Crippen LogP) is 2.95. The number of halogens is 1. The molecule has 0 atom stereocenters. The zero-order valence-corrected chi connectivity index (χ0v) is 11.3. The SMILES string of the molecule is CCC(C)(C)N(C)c1c(F)cccc1CCN. The zero-order chi connectivity index (χ0) is 13.1. The number of hydrogen-bond donors (Lipinski definition) is 1. The van der Waals surface area contributed by atoms with Crippen LogP contribution in [-0.4, -0.2) is 19.1 Å². The molecule has 0 aliphatic carbocycles.